The van der Waals surface area contributed by atoms with Gasteiger partial charge in [-0.05, 0) is 66.5 Å². The number of amides is 2. The SMILES string of the molecule is C[C@H](O)CCOCCC(OCc1ccccc1)(c1nnc(-c2nc(O)c(C(F)(F)F)cc2N(C(=O)OC(C)(C)C)C(=O)OC(C)(C)C)o1)C(F)(F)F. The smallest absolute Gasteiger partial charge is 0.426 e. The first-order chi connectivity index (χ1) is 23.8. The van der Waals surface area contributed by atoms with Gasteiger partial charge in [-0.3, -0.25) is 0 Å². The van der Waals surface area contributed by atoms with Crippen LogP contribution in [0.2, 0.25) is 0 Å². The van der Waals surface area contributed by atoms with Gasteiger partial charge in [0.05, 0.1) is 25.0 Å². The predicted molar refractivity (Wildman–Crippen MR) is 170 cm³/mol. The van der Waals surface area contributed by atoms with E-state index in [4.69, 9.17) is 23.4 Å². The van der Waals surface area contributed by atoms with Crippen molar-refractivity contribution < 1.29 is 69.5 Å². The van der Waals surface area contributed by atoms with Crippen molar-refractivity contribution in [2.24, 2.45) is 0 Å². The van der Waals surface area contributed by atoms with Crippen molar-refractivity contribution in [2.75, 3.05) is 18.1 Å². The van der Waals surface area contributed by atoms with Crippen LogP contribution in [0.3, 0.4) is 0 Å². The molecule has 3 aromatic rings. The van der Waals surface area contributed by atoms with Gasteiger partial charge in [0, 0.05) is 13.0 Å². The summed E-state index contributed by atoms with van der Waals surface area (Å²) in [6, 6.07) is 7.86. The monoisotopic (exact) mass is 750 g/mol. The first-order valence-corrected chi connectivity index (χ1v) is 15.8. The molecule has 0 aliphatic rings. The number of hydrogen-bond acceptors (Lipinski definition) is 12. The third kappa shape index (κ3) is 11.0. The number of ether oxygens (including phenoxy) is 4. The highest BCUT2D eigenvalue weighted by molar-refractivity contribution is 6.11. The Bertz CT molecular complexity index is 1640. The van der Waals surface area contributed by atoms with Gasteiger partial charge in [-0.2, -0.15) is 31.2 Å². The molecule has 0 aliphatic heterocycles. The van der Waals surface area contributed by atoms with Gasteiger partial charge in [-0.15, -0.1) is 10.2 Å². The molecule has 13 nitrogen and oxygen atoms in total. The molecule has 0 bridgehead atoms. The number of aliphatic hydroxyl groups is 1. The van der Waals surface area contributed by atoms with Crippen molar-refractivity contribution >= 4 is 17.9 Å². The van der Waals surface area contributed by atoms with E-state index in [1.54, 1.807) is 18.2 Å². The number of anilines is 1. The van der Waals surface area contributed by atoms with Crippen LogP contribution in [0, 0.1) is 0 Å². The number of pyridine rings is 1. The Balaban J connectivity index is 2.28. The Hall–Kier alpha value is -4.49. The lowest BCUT2D eigenvalue weighted by Crippen LogP contribution is -2.46. The number of aromatic hydroxyl groups is 1. The Morgan fingerprint density at radius 3 is 1.98 bits per heavy atom. The zero-order chi connectivity index (χ0) is 39.3. The number of carbonyl (C=O) groups excluding carboxylic acids is 2. The van der Waals surface area contributed by atoms with Crippen LogP contribution in [-0.4, -0.2) is 74.3 Å². The summed E-state index contributed by atoms with van der Waals surface area (Å²) < 4.78 is 114. The van der Waals surface area contributed by atoms with Crippen molar-refractivity contribution in [3.63, 3.8) is 0 Å². The minimum absolute atomic E-state index is 0.0102. The number of aromatic nitrogens is 3. The summed E-state index contributed by atoms with van der Waals surface area (Å²) in [6.45, 7) is 8.43. The number of benzene rings is 1. The van der Waals surface area contributed by atoms with Crippen LogP contribution in [0.25, 0.3) is 11.6 Å². The summed E-state index contributed by atoms with van der Waals surface area (Å²) in [5.74, 6) is -4.01. The molecule has 2 N–H and O–H groups in total. The molecule has 0 radical (unpaired) electrons. The quantitative estimate of drug-likeness (QED) is 0.137. The largest absolute Gasteiger partial charge is 0.493 e. The van der Waals surface area contributed by atoms with Gasteiger partial charge in [-0.1, -0.05) is 30.3 Å². The standard InChI is InChI=1S/C33H40F6N4O9/c1-19(44)13-15-48-16-14-31(33(37,38)39,49-18-20-11-9-8-10-12-20)26-42-41-25(50-26)23-22(17-21(24(45)40-23)32(34,35)36)43(27(46)51-29(2,3)4)28(47)52-30(5,6)7/h8-12,17,19,44H,13-16,18H2,1-7H3,(H,40,45)/t19-,31?/m0/s1. The summed E-state index contributed by atoms with van der Waals surface area (Å²) >= 11 is 0. The van der Waals surface area contributed by atoms with Crippen molar-refractivity contribution in [2.45, 2.75) is 103 Å². The summed E-state index contributed by atoms with van der Waals surface area (Å²) in [5.41, 5.74) is -9.69. The average Bonchev–Trinajstić information content (AvgIpc) is 3.47. The fraction of sp³-hybridized carbons (Fsp3) is 0.545. The summed E-state index contributed by atoms with van der Waals surface area (Å²) in [5, 5.41) is 26.9. The van der Waals surface area contributed by atoms with Crippen LogP contribution in [0.15, 0.2) is 40.8 Å². The maximum Gasteiger partial charge on any atom is 0.426 e. The van der Waals surface area contributed by atoms with Crippen molar-refractivity contribution in [3.05, 3.63) is 53.4 Å². The summed E-state index contributed by atoms with van der Waals surface area (Å²) in [4.78, 5) is 30.3. The average molecular weight is 751 g/mol. The molecular weight excluding hydrogens is 710 g/mol. The number of aliphatic hydroxyl groups excluding tert-OH is 1. The van der Waals surface area contributed by atoms with E-state index in [2.05, 4.69) is 15.2 Å². The molecule has 2 amide bonds. The molecule has 1 unspecified atom stereocenters. The molecule has 19 heteroatoms. The molecule has 0 spiro atoms. The van der Waals surface area contributed by atoms with E-state index in [1.165, 1.54) is 60.6 Å². The highest BCUT2D eigenvalue weighted by atomic mass is 19.4. The van der Waals surface area contributed by atoms with Gasteiger partial charge in [0.15, 0.2) is 5.69 Å². The van der Waals surface area contributed by atoms with Gasteiger partial charge in [0.2, 0.25) is 11.5 Å². The Morgan fingerprint density at radius 2 is 1.48 bits per heavy atom. The Labute approximate surface area is 294 Å². The van der Waals surface area contributed by atoms with Crippen molar-refractivity contribution in [1.82, 2.24) is 15.2 Å². The second-order valence-electron chi connectivity index (χ2n) is 13.5. The fourth-order valence-electron chi connectivity index (χ4n) is 4.34. The van der Waals surface area contributed by atoms with Gasteiger partial charge < -0.3 is 33.6 Å². The molecule has 0 aliphatic carbocycles. The third-order valence-corrected chi connectivity index (χ3v) is 6.72. The lowest BCUT2D eigenvalue weighted by Gasteiger charge is -2.32. The molecule has 0 saturated heterocycles. The van der Waals surface area contributed by atoms with Gasteiger partial charge in [-0.25, -0.2) is 14.6 Å². The zero-order valence-electron chi connectivity index (χ0n) is 29.4. The second kappa shape index (κ2) is 16.0. The van der Waals surface area contributed by atoms with Crippen LogP contribution in [0.5, 0.6) is 5.88 Å². The van der Waals surface area contributed by atoms with E-state index < -0.39 is 102 Å². The fourth-order valence-corrected chi connectivity index (χ4v) is 4.34. The maximum absolute atomic E-state index is 15.1. The van der Waals surface area contributed by atoms with Crippen LogP contribution in [0.1, 0.15) is 78.3 Å². The highest BCUT2D eigenvalue weighted by Crippen LogP contribution is 2.47. The molecule has 2 heterocycles. The third-order valence-electron chi connectivity index (χ3n) is 6.72. The van der Waals surface area contributed by atoms with Crippen molar-refractivity contribution in [3.8, 4) is 17.5 Å². The maximum atomic E-state index is 15.1. The minimum Gasteiger partial charge on any atom is -0.493 e. The predicted octanol–water partition coefficient (Wildman–Crippen LogP) is 7.68. The number of alkyl halides is 6. The lowest BCUT2D eigenvalue weighted by atomic mass is 9.98. The molecule has 1 aromatic carbocycles. The van der Waals surface area contributed by atoms with E-state index in [-0.39, 0.29) is 24.0 Å². The molecular formula is C33H40F6N4O9. The zero-order valence-corrected chi connectivity index (χ0v) is 29.4. The van der Waals surface area contributed by atoms with E-state index in [0.717, 1.165) is 0 Å². The second-order valence-corrected chi connectivity index (χ2v) is 13.5. The first kappa shape index (κ1) is 41.9. The first-order valence-electron chi connectivity index (χ1n) is 15.8. The summed E-state index contributed by atoms with van der Waals surface area (Å²) in [7, 11) is 0. The molecule has 0 saturated carbocycles. The number of nitrogens with zero attached hydrogens (tertiary/aromatic N) is 4. The van der Waals surface area contributed by atoms with Crippen LogP contribution < -0.4 is 4.90 Å². The van der Waals surface area contributed by atoms with Crippen LogP contribution in [-0.2, 0) is 37.3 Å². The van der Waals surface area contributed by atoms with Gasteiger partial charge >= 0.3 is 24.5 Å². The molecule has 2 aromatic heterocycles. The molecule has 0 fully saturated rings. The minimum atomic E-state index is -5.32. The van der Waals surface area contributed by atoms with E-state index in [0.29, 0.717) is 5.56 Å². The van der Waals surface area contributed by atoms with E-state index >= 15 is 13.2 Å². The van der Waals surface area contributed by atoms with Crippen molar-refractivity contribution in [1.29, 1.82) is 0 Å². The van der Waals surface area contributed by atoms with E-state index in [1.807, 2.05) is 0 Å². The van der Waals surface area contributed by atoms with Gasteiger partial charge in [0.1, 0.15) is 16.8 Å². The lowest BCUT2D eigenvalue weighted by molar-refractivity contribution is -0.302. The Morgan fingerprint density at radius 1 is 0.904 bits per heavy atom. The molecule has 2 atom stereocenters. The number of halogens is 6. The normalized spacial score (nSPS) is 14.4. The number of imide groups is 1. The van der Waals surface area contributed by atoms with Crippen LogP contribution in [0.4, 0.5) is 41.6 Å². The molecule has 52 heavy (non-hydrogen) atoms. The van der Waals surface area contributed by atoms with Crippen LogP contribution >= 0.6 is 0 Å². The number of carbonyl (C=O) groups is 2. The number of rotatable bonds is 12. The topological polar surface area (TPSA) is 167 Å². The molecule has 3 rings (SSSR count). The van der Waals surface area contributed by atoms with E-state index in [9.17, 15) is 33.0 Å². The summed E-state index contributed by atoms with van der Waals surface area (Å²) in [6.07, 6.45) is -15.4. The highest BCUT2D eigenvalue weighted by Gasteiger charge is 2.61. The Kier molecular flexibility index (Phi) is 12.9. The molecule has 288 valence electrons. The van der Waals surface area contributed by atoms with Gasteiger partial charge in [0.25, 0.3) is 11.8 Å². The number of hydrogen-bond donors (Lipinski definition) is 2.